The van der Waals surface area contributed by atoms with E-state index in [0.717, 1.165) is 23.5 Å². The van der Waals surface area contributed by atoms with Crippen molar-refractivity contribution in [3.63, 3.8) is 0 Å². The highest BCUT2D eigenvalue weighted by atomic mass is 32.2. The van der Waals surface area contributed by atoms with Crippen LogP contribution in [0.15, 0.2) is 40.7 Å². The first-order valence-corrected chi connectivity index (χ1v) is 8.64. The van der Waals surface area contributed by atoms with Crippen molar-refractivity contribution in [3.05, 3.63) is 46.4 Å². The summed E-state index contributed by atoms with van der Waals surface area (Å²) in [5.74, 6) is 0. The minimum absolute atomic E-state index is 0.0525. The maximum Gasteiger partial charge on any atom is 0.238 e. The van der Waals surface area contributed by atoms with Gasteiger partial charge in [-0.25, -0.2) is 18.5 Å². The van der Waals surface area contributed by atoms with Gasteiger partial charge in [-0.3, -0.25) is 0 Å². The molecule has 5 nitrogen and oxygen atoms in total. The van der Waals surface area contributed by atoms with E-state index in [1.54, 1.807) is 29.7 Å². The summed E-state index contributed by atoms with van der Waals surface area (Å²) in [5.41, 5.74) is 0.899. The molecule has 0 spiro atoms. The zero-order valence-corrected chi connectivity index (χ0v) is 12.7. The molecule has 2 rings (SSSR count). The molecular weight excluding hydrogens is 294 g/mol. The Balaban J connectivity index is 1.97. The second-order valence-corrected chi connectivity index (χ2v) is 7.01. The van der Waals surface area contributed by atoms with Crippen LogP contribution in [0.5, 0.6) is 0 Å². The molecule has 1 heterocycles. The molecule has 0 fully saturated rings. The van der Waals surface area contributed by atoms with Crippen LogP contribution in [-0.4, -0.2) is 19.9 Å². The maximum atomic E-state index is 11.3. The number of thiazole rings is 1. The Labute approximate surface area is 122 Å². The summed E-state index contributed by atoms with van der Waals surface area (Å²) in [7, 11) is -3.65. The number of benzene rings is 1. The van der Waals surface area contributed by atoms with Crippen molar-refractivity contribution in [1.82, 2.24) is 10.3 Å². The molecular formula is C13H17N3O2S2. The van der Waals surface area contributed by atoms with Crippen LogP contribution in [0, 0.1) is 0 Å². The van der Waals surface area contributed by atoms with Gasteiger partial charge in [0.25, 0.3) is 0 Å². The average molecular weight is 311 g/mol. The van der Waals surface area contributed by atoms with E-state index in [1.165, 1.54) is 6.07 Å². The number of hydrogen-bond donors (Lipinski definition) is 2. The second kappa shape index (κ2) is 6.45. The summed E-state index contributed by atoms with van der Waals surface area (Å²) in [5, 5.41) is 11.5. The Hall–Kier alpha value is -1.28. The Bertz CT molecular complexity index is 654. The van der Waals surface area contributed by atoms with Gasteiger partial charge in [-0.15, -0.1) is 11.3 Å². The third-order valence-corrected chi connectivity index (χ3v) is 4.71. The molecule has 0 amide bonds. The molecule has 7 heteroatoms. The number of sulfonamides is 1. The molecule has 2 aromatic rings. The highest BCUT2D eigenvalue weighted by Crippen LogP contribution is 2.16. The van der Waals surface area contributed by atoms with Crippen LogP contribution >= 0.6 is 11.3 Å². The van der Waals surface area contributed by atoms with E-state index in [0.29, 0.717) is 0 Å². The van der Waals surface area contributed by atoms with E-state index in [1.807, 2.05) is 18.4 Å². The zero-order valence-electron chi connectivity index (χ0n) is 11.1. The lowest BCUT2D eigenvalue weighted by Gasteiger charge is -2.14. The van der Waals surface area contributed by atoms with Gasteiger partial charge < -0.3 is 5.32 Å². The number of nitrogens with two attached hydrogens (primary N) is 1. The molecule has 0 aliphatic carbocycles. The average Bonchev–Trinajstić information content (AvgIpc) is 2.91. The van der Waals surface area contributed by atoms with E-state index < -0.39 is 10.0 Å². The highest BCUT2D eigenvalue weighted by Gasteiger charge is 2.11. The fourth-order valence-electron chi connectivity index (χ4n) is 1.85. The number of primary sulfonamides is 1. The van der Waals surface area contributed by atoms with Crippen molar-refractivity contribution in [3.8, 4) is 0 Å². The maximum absolute atomic E-state index is 11.3. The van der Waals surface area contributed by atoms with E-state index in [4.69, 9.17) is 5.14 Å². The summed E-state index contributed by atoms with van der Waals surface area (Å²) in [6.45, 7) is 2.78. The van der Waals surface area contributed by atoms with Gasteiger partial charge in [0.05, 0.1) is 9.90 Å². The summed E-state index contributed by atoms with van der Waals surface area (Å²) < 4.78 is 22.7. The Morgan fingerprint density at radius 3 is 2.90 bits per heavy atom. The number of rotatable bonds is 6. The largest absolute Gasteiger partial charge is 0.310 e. The molecule has 1 atom stereocenters. The lowest BCUT2D eigenvalue weighted by atomic mass is 10.1. The number of nitrogens with one attached hydrogen (secondary N) is 1. The zero-order chi connectivity index (χ0) is 14.6. The lowest BCUT2D eigenvalue weighted by Crippen LogP contribution is -2.22. The van der Waals surface area contributed by atoms with E-state index in [9.17, 15) is 8.42 Å². The topological polar surface area (TPSA) is 85.1 Å². The molecule has 20 heavy (non-hydrogen) atoms. The molecule has 0 radical (unpaired) electrons. The fourth-order valence-corrected chi connectivity index (χ4v) is 3.04. The monoisotopic (exact) mass is 311 g/mol. The van der Waals surface area contributed by atoms with Crippen LogP contribution in [0.4, 0.5) is 0 Å². The number of aromatic nitrogens is 1. The molecule has 3 N–H and O–H groups in total. The van der Waals surface area contributed by atoms with Gasteiger partial charge in [0.1, 0.15) is 0 Å². The third-order valence-electron chi connectivity index (χ3n) is 2.96. The van der Waals surface area contributed by atoms with Crippen LogP contribution in [-0.2, 0) is 16.4 Å². The van der Waals surface area contributed by atoms with Crippen LogP contribution in [0.2, 0.25) is 0 Å². The van der Waals surface area contributed by atoms with E-state index >= 15 is 0 Å². The molecule has 0 saturated carbocycles. The Kier molecular flexibility index (Phi) is 4.87. The summed E-state index contributed by atoms with van der Waals surface area (Å²) in [4.78, 5) is 4.36. The van der Waals surface area contributed by atoms with Crippen molar-refractivity contribution in [2.45, 2.75) is 24.3 Å². The smallest absolute Gasteiger partial charge is 0.238 e. The standard InChI is InChI=1S/C13H17N3O2S2/c1-10(15-6-5-13-16-7-8-19-13)11-3-2-4-12(9-11)20(14,17)18/h2-4,7-10,15H,5-6H2,1H3,(H2,14,17,18). The molecule has 1 aromatic carbocycles. The SMILES string of the molecule is CC(NCCc1nccs1)c1cccc(S(N)(=O)=O)c1. The summed E-state index contributed by atoms with van der Waals surface area (Å²) in [6.07, 6.45) is 2.65. The lowest BCUT2D eigenvalue weighted by molar-refractivity contribution is 0.574. The van der Waals surface area contributed by atoms with Crippen molar-refractivity contribution in [1.29, 1.82) is 0 Å². The first-order chi connectivity index (χ1) is 9.47. The van der Waals surface area contributed by atoms with Gasteiger partial charge in [0.2, 0.25) is 10.0 Å². The quantitative estimate of drug-likeness (QED) is 0.850. The highest BCUT2D eigenvalue weighted by molar-refractivity contribution is 7.89. The first kappa shape index (κ1) is 15.1. The Morgan fingerprint density at radius 1 is 1.45 bits per heavy atom. The molecule has 1 unspecified atom stereocenters. The summed E-state index contributed by atoms with van der Waals surface area (Å²) >= 11 is 1.63. The molecule has 0 aliphatic heterocycles. The molecule has 108 valence electrons. The Morgan fingerprint density at radius 2 is 2.25 bits per heavy atom. The van der Waals surface area contributed by atoms with Crippen LogP contribution < -0.4 is 10.5 Å². The van der Waals surface area contributed by atoms with E-state index in [-0.39, 0.29) is 10.9 Å². The molecule has 1 aromatic heterocycles. The second-order valence-electron chi connectivity index (χ2n) is 4.47. The number of hydrogen-bond acceptors (Lipinski definition) is 5. The fraction of sp³-hybridized carbons (Fsp3) is 0.308. The van der Waals surface area contributed by atoms with Crippen molar-refractivity contribution in [2.75, 3.05) is 6.54 Å². The minimum Gasteiger partial charge on any atom is -0.310 e. The normalized spacial score (nSPS) is 13.3. The van der Waals surface area contributed by atoms with Crippen LogP contribution in [0.25, 0.3) is 0 Å². The van der Waals surface area contributed by atoms with Gasteiger partial charge in [-0.05, 0) is 24.6 Å². The van der Waals surface area contributed by atoms with Gasteiger partial charge in [-0.2, -0.15) is 0 Å². The summed E-state index contributed by atoms with van der Waals surface area (Å²) in [6, 6.07) is 6.75. The molecule has 0 aliphatic rings. The predicted molar refractivity (Wildman–Crippen MR) is 80.1 cm³/mol. The van der Waals surface area contributed by atoms with Gasteiger partial charge in [-0.1, -0.05) is 12.1 Å². The van der Waals surface area contributed by atoms with Crippen LogP contribution in [0.1, 0.15) is 23.5 Å². The van der Waals surface area contributed by atoms with Crippen molar-refractivity contribution in [2.24, 2.45) is 5.14 Å². The predicted octanol–water partition coefficient (Wildman–Crippen LogP) is 1.68. The van der Waals surface area contributed by atoms with Crippen molar-refractivity contribution >= 4 is 21.4 Å². The molecule has 0 saturated heterocycles. The first-order valence-electron chi connectivity index (χ1n) is 6.21. The third kappa shape index (κ3) is 4.11. The van der Waals surface area contributed by atoms with Crippen LogP contribution in [0.3, 0.4) is 0 Å². The van der Waals surface area contributed by atoms with Crippen molar-refractivity contribution < 1.29 is 8.42 Å². The number of nitrogens with zero attached hydrogens (tertiary/aromatic N) is 1. The van der Waals surface area contributed by atoms with Gasteiger partial charge in [0, 0.05) is 30.6 Å². The van der Waals surface area contributed by atoms with E-state index in [2.05, 4.69) is 10.3 Å². The minimum atomic E-state index is -3.65. The molecule has 0 bridgehead atoms. The van der Waals surface area contributed by atoms with Gasteiger partial charge >= 0.3 is 0 Å². The van der Waals surface area contributed by atoms with Gasteiger partial charge in [0.15, 0.2) is 0 Å².